The normalized spacial score (nSPS) is 12.2. The molecule has 8 heteroatoms. The summed E-state index contributed by atoms with van der Waals surface area (Å²) in [4.78, 5) is 31.1. The molecule has 0 bridgehead atoms. The van der Waals surface area contributed by atoms with Crippen molar-refractivity contribution in [2.45, 2.75) is 70.5 Å². The van der Waals surface area contributed by atoms with Crippen molar-refractivity contribution in [3.8, 4) is 0 Å². The number of hydrogen-bond acceptors (Lipinski definition) is 4. The lowest BCUT2D eigenvalue weighted by atomic mass is 10.1. The van der Waals surface area contributed by atoms with Crippen molar-refractivity contribution < 1.29 is 0 Å². The maximum absolute atomic E-state index is 12.3. The van der Waals surface area contributed by atoms with Crippen molar-refractivity contribution in [1.82, 2.24) is 19.1 Å². The van der Waals surface area contributed by atoms with Crippen LogP contribution < -0.4 is 11.2 Å². The van der Waals surface area contributed by atoms with Crippen molar-refractivity contribution in [1.29, 1.82) is 0 Å². The Kier molecular flexibility index (Phi) is 8.70. The number of rotatable bonds is 11. The number of halogens is 1. The molecule has 0 fully saturated rings. The molecule has 2 rings (SSSR count). The first-order chi connectivity index (χ1) is 13.0. The summed E-state index contributed by atoms with van der Waals surface area (Å²) in [5.74, 6) is 0.937. The van der Waals surface area contributed by atoms with Crippen LogP contribution in [0, 0.1) is 0 Å². The number of thioether (sulfide) groups is 1. The van der Waals surface area contributed by atoms with Gasteiger partial charge < -0.3 is 4.57 Å². The number of aromatic nitrogens is 4. The zero-order valence-electron chi connectivity index (χ0n) is 16.4. The van der Waals surface area contributed by atoms with Crippen LogP contribution in [0.3, 0.4) is 0 Å². The summed E-state index contributed by atoms with van der Waals surface area (Å²) in [5.41, 5.74) is -0.0476. The minimum Gasteiger partial charge on any atom is -0.309 e. The Balaban J connectivity index is 2.13. The number of nitrogens with zero attached hydrogens (tertiary/aromatic N) is 3. The molecule has 0 aromatic carbocycles. The first kappa shape index (κ1) is 21.8. The van der Waals surface area contributed by atoms with Gasteiger partial charge in [0.05, 0.1) is 0 Å². The number of nitrogens with one attached hydrogen (secondary N) is 1. The molecule has 27 heavy (non-hydrogen) atoms. The number of aryl methyl sites for hydroxylation is 1. The van der Waals surface area contributed by atoms with Gasteiger partial charge in [-0.25, -0.2) is 9.78 Å². The lowest BCUT2D eigenvalue weighted by Crippen LogP contribution is -2.29. The zero-order valence-corrected chi connectivity index (χ0v) is 18.0. The molecule has 2 heterocycles. The Morgan fingerprint density at radius 2 is 1.85 bits per heavy atom. The highest BCUT2D eigenvalue weighted by Crippen LogP contribution is 2.23. The van der Waals surface area contributed by atoms with Crippen LogP contribution in [-0.2, 0) is 13.6 Å². The van der Waals surface area contributed by atoms with Crippen LogP contribution in [0.4, 0.5) is 0 Å². The molecule has 0 spiro atoms. The van der Waals surface area contributed by atoms with Gasteiger partial charge in [-0.05, 0) is 13.3 Å². The molecule has 0 aliphatic heterocycles. The van der Waals surface area contributed by atoms with Crippen LogP contribution in [0.1, 0.15) is 58.8 Å². The minimum atomic E-state index is -0.454. The summed E-state index contributed by atoms with van der Waals surface area (Å²) >= 11 is 7.60. The number of unbranched alkanes of at least 4 members (excludes halogenated alkanes) is 6. The van der Waals surface area contributed by atoms with Gasteiger partial charge in [-0.1, -0.05) is 74.9 Å². The quantitative estimate of drug-likeness (QED) is 0.438. The third kappa shape index (κ3) is 6.01. The third-order valence-electron chi connectivity index (χ3n) is 4.51. The van der Waals surface area contributed by atoms with Gasteiger partial charge in [0.15, 0.2) is 16.3 Å². The largest absolute Gasteiger partial charge is 0.329 e. The molecule has 2 aromatic heterocycles. The van der Waals surface area contributed by atoms with Crippen LogP contribution in [0.5, 0.6) is 0 Å². The SMILES string of the molecule is CCCCCCCCCSc1nc2c(c(=O)[nH]c(=O)n2C)n1C/C=C(/C)Cl. The van der Waals surface area contributed by atoms with E-state index in [0.717, 1.165) is 17.3 Å². The van der Waals surface area contributed by atoms with E-state index < -0.39 is 11.2 Å². The first-order valence-electron chi connectivity index (χ1n) is 9.60. The van der Waals surface area contributed by atoms with Gasteiger partial charge in [-0.3, -0.25) is 14.3 Å². The molecule has 6 nitrogen and oxygen atoms in total. The van der Waals surface area contributed by atoms with Crippen molar-refractivity contribution in [3.05, 3.63) is 31.9 Å². The summed E-state index contributed by atoms with van der Waals surface area (Å²) in [6, 6.07) is 0. The van der Waals surface area contributed by atoms with Crippen molar-refractivity contribution >= 4 is 34.5 Å². The molecule has 0 radical (unpaired) electrons. The summed E-state index contributed by atoms with van der Waals surface area (Å²) in [6.07, 6.45) is 10.6. The fraction of sp³-hybridized carbons (Fsp3) is 0.632. The fourth-order valence-electron chi connectivity index (χ4n) is 2.93. The molecule has 0 saturated carbocycles. The molecule has 0 amide bonds. The van der Waals surface area contributed by atoms with Gasteiger partial charge >= 0.3 is 5.69 Å². The van der Waals surface area contributed by atoms with E-state index in [2.05, 4.69) is 16.9 Å². The van der Waals surface area contributed by atoms with Crippen LogP contribution in [0.15, 0.2) is 25.9 Å². The van der Waals surface area contributed by atoms with E-state index in [1.807, 2.05) is 10.6 Å². The minimum absolute atomic E-state index is 0.409. The Morgan fingerprint density at radius 1 is 1.19 bits per heavy atom. The van der Waals surface area contributed by atoms with E-state index in [-0.39, 0.29) is 0 Å². The maximum atomic E-state index is 12.3. The number of imidazole rings is 1. The van der Waals surface area contributed by atoms with Gasteiger partial charge in [-0.2, -0.15) is 0 Å². The average molecular weight is 413 g/mol. The van der Waals surface area contributed by atoms with Gasteiger partial charge in [0.25, 0.3) is 5.56 Å². The third-order valence-corrected chi connectivity index (χ3v) is 5.72. The second-order valence-electron chi connectivity index (χ2n) is 6.76. The molecule has 150 valence electrons. The zero-order chi connectivity index (χ0) is 19.8. The predicted molar refractivity (Wildman–Crippen MR) is 114 cm³/mol. The molecule has 1 N–H and O–H groups in total. The highest BCUT2D eigenvalue weighted by atomic mass is 35.5. The number of H-pyrrole nitrogens is 1. The van der Waals surface area contributed by atoms with Gasteiger partial charge in [-0.15, -0.1) is 0 Å². The van der Waals surface area contributed by atoms with E-state index >= 15 is 0 Å². The van der Waals surface area contributed by atoms with Crippen LogP contribution >= 0.6 is 23.4 Å². The van der Waals surface area contributed by atoms with Gasteiger partial charge in [0.2, 0.25) is 0 Å². The van der Waals surface area contributed by atoms with E-state index in [1.165, 1.54) is 43.1 Å². The predicted octanol–water partition coefficient (Wildman–Crippen LogP) is 4.41. The molecular weight excluding hydrogens is 384 g/mol. The molecule has 2 aromatic rings. The molecule has 0 atom stereocenters. The molecule has 0 aliphatic carbocycles. The highest BCUT2D eigenvalue weighted by Gasteiger charge is 2.16. The Labute approximate surface area is 169 Å². The lowest BCUT2D eigenvalue weighted by Gasteiger charge is -2.06. The first-order valence-corrected chi connectivity index (χ1v) is 11.0. The van der Waals surface area contributed by atoms with Gasteiger partial charge in [0, 0.05) is 24.4 Å². The summed E-state index contributed by atoms with van der Waals surface area (Å²) < 4.78 is 3.22. The fourth-order valence-corrected chi connectivity index (χ4v) is 4.01. The van der Waals surface area contributed by atoms with Crippen molar-refractivity contribution in [2.75, 3.05) is 5.75 Å². The smallest absolute Gasteiger partial charge is 0.309 e. The maximum Gasteiger partial charge on any atom is 0.329 e. The molecule has 0 aliphatic rings. The second kappa shape index (κ2) is 10.8. The Bertz CT molecular complexity index is 893. The number of allylic oxidation sites excluding steroid dienone is 2. The molecule has 0 unspecified atom stereocenters. The van der Waals surface area contributed by atoms with Crippen LogP contribution in [0.25, 0.3) is 11.2 Å². The summed E-state index contributed by atoms with van der Waals surface area (Å²) in [5, 5.41) is 1.40. The summed E-state index contributed by atoms with van der Waals surface area (Å²) in [7, 11) is 1.62. The standard InChI is InChI=1S/C19H29ClN4O2S/c1-4-5-6-7-8-9-10-13-27-19-21-16-15(24(19)12-11-14(2)20)17(25)22-18(26)23(16)3/h11H,4-10,12-13H2,1-3H3,(H,22,25,26)/b14-11-. The molecular formula is C19H29ClN4O2S. The Hall–Kier alpha value is -1.47. The van der Waals surface area contributed by atoms with Gasteiger partial charge in [0.1, 0.15) is 0 Å². The topological polar surface area (TPSA) is 72.7 Å². The van der Waals surface area contributed by atoms with E-state index in [9.17, 15) is 9.59 Å². The van der Waals surface area contributed by atoms with Crippen molar-refractivity contribution in [2.24, 2.45) is 7.05 Å². The van der Waals surface area contributed by atoms with Crippen molar-refractivity contribution in [3.63, 3.8) is 0 Å². The Morgan fingerprint density at radius 3 is 2.52 bits per heavy atom. The lowest BCUT2D eigenvalue weighted by molar-refractivity contribution is 0.603. The van der Waals surface area contributed by atoms with E-state index in [4.69, 9.17) is 11.6 Å². The number of aromatic amines is 1. The number of fused-ring (bicyclic) bond motifs is 1. The monoisotopic (exact) mass is 412 g/mol. The molecule has 0 saturated heterocycles. The summed E-state index contributed by atoms with van der Waals surface area (Å²) in [6.45, 7) is 4.48. The van der Waals surface area contributed by atoms with E-state index in [1.54, 1.807) is 25.7 Å². The van der Waals surface area contributed by atoms with Crippen LogP contribution in [0.2, 0.25) is 0 Å². The average Bonchev–Trinajstić information content (AvgIpc) is 2.99. The second-order valence-corrected chi connectivity index (χ2v) is 8.41. The number of hydrogen-bond donors (Lipinski definition) is 1. The highest BCUT2D eigenvalue weighted by molar-refractivity contribution is 7.99. The van der Waals surface area contributed by atoms with E-state index in [0.29, 0.717) is 22.7 Å². The van der Waals surface area contributed by atoms with Crippen LogP contribution in [-0.4, -0.2) is 24.9 Å².